The molecule has 1 aliphatic rings. The molecule has 0 unspecified atom stereocenters. The molecule has 9 heteroatoms. The number of ether oxygens (including phenoxy) is 3. The van der Waals surface area contributed by atoms with Crippen molar-refractivity contribution in [2.75, 3.05) is 7.11 Å². The minimum atomic E-state index is -0.700. The lowest BCUT2D eigenvalue weighted by molar-refractivity contribution is -0.135. The number of esters is 1. The maximum absolute atomic E-state index is 13.3. The van der Waals surface area contributed by atoms with Crippen LogP contribution in [0.2, 0.25) is 0 Å². The van der Waals surface area contributed by atoms with Crippen molar-refractivity contribution in [3.63, 3.8) is 0 Å². The summed E-state index contributed by atoms with van der Waals surface area (Å²) in [5.74, 6) is -0.998. The van der Waals surface area contributed by atoms with Crippen LogP contribution in [0.1, 0.15) is 54.4 Å². The Labute approximate surface area is 252 Å². The number of rotatable bonds is 7. The van der Waals surface area contributed by atoms with E-state index in [1.165, 1.54) is 43.0 Å². The fourth-order valence-electron chi connectivity index (χ4n) is 5.52. The summed E-state index contributed by atoms with van der Waals surface area (Å²) in [4.78, 5) is 26.2. The monoisotopic (exact) mass is 594 g/mol. The van der Waals surface area contributed by atoms with Crippen LogP contribution in [0.5, 0.6) is 34.5 Å². The summed E-state index contributed by atoms with van der Waals surface area (Å²) < 4.78 is 23.8. The Bertz CT molecular complexity index is 1960. The minimum absolute atomic E-state index is 0.0191. The lowest BCUT2D eigenvalue weighted by atomic mass is 9.84. The molecule has 0 spiro atoms. The number of fused-ring (bicyclic) bond motifs is 3. The molecule has 2 heterocycles. The van der Waals surface area contributed by atoms with Crippen LogP contribution < -0.4 is 19.6 Å². The van der Waals surface area contributed by atoms with Crippen molar-refractivity contribution in [3.8, 4) is 45.8 Å². The van der Waals surface area contributed by atoms with Gasteiger partial charge in [0.2, 0.25) is 0 Å². The molecule has 44 heavy (non-hydrogen) atoms. The molecule has 1 aliphatic heterocycles. The summed E-state index contributed by atoms with van der Waals surface area (Å²) in [6.45, 7) is 4.49. The number of methoxy groups -OCH3 is 1. The highest BCUT2D eigenvalue weighted by atomic mass is 16.5. The molecular formula is C35H30O9. The van der Waals surface area contributed by atoms with E-state index in [1.807, 2.05) is 18.2 Å². The van der Waals surface area contributed by atoms with E-state index >= 15 is 0 Å². The highest BCUT2D eigenvalue weighted by Crippen LogP contribution is 2.49. The number of para-hydroxylation sites is 1. The second-order valence-electron chi connectivity index (χ2n) is 11.0. The Morgan fingerprint density at radius 3 is 2.39 bits per heavy atom. The first-order valence-corrected chi connectivity index (χ1v) is 14.1. The van der Waals surface area contributed by atoms with Gasteiger partial charge in [-0.3, -0.25) is 9.59 Å². The summed E-state index contributed by atoms with van der Waals surface area (Å²) >= 11 is 0. The molecule has 0 aliphatic carbocycles. The van der Waals surface area contributed by atoms with Crippen LogP contribution >= 0.6 is 0 Å². The van der Waals surface area contributed by atoms with E-state index in [-0.39, 0.29) is 41.3 Å². The highest BCUT2D eigenvalue weighted by molar-refractivity contribution is 5.93. The zero-order valence-corrected chi connectivity index (χ0v) is 24.3. The van der Waals surface area contributed by atoms with E-state index in [2.05, 4.69) is 26.0 Å². The SMILES string of the molecule is COc1cccc([C@H]2CC(=O)Oc3cc(O)c4c(=O)cc(-c5ccc(O)c(O)c5)oc4c32)c1OCc1ccc(C(C)C)cc1. The molecule has 9 nitrogen and oxygen atoms in total. The molecule has 3 N–H and O–H groups in total. The van der Waals surface area contributed by atoms with Gasteiger partial charge < -0.3 is 33.9 Å². The predicted molar refractivity (Wildman–Crippen MR) is 163 cm³/mol. The van der Waals surface area contributed by atoms with Crippen molar-refractivity contribution in [2.45, 2.75) is 38.7 Å². The lowest BCUT2D eigenvalue weighted by Gasteiger charge is -2.28. The number of carbonyl (C=O) groups is 1. The first-order valence-electron chi connectivity index (χ1n) is 14.1. The number of hydrogen-bond acceptors (Lipinski definition) is 9. The molecule has 1 atom stereocenters. The van der Waals surface area contributed by atoms with Gasteiger partial charge in [-0.25, -0.2) is 0 Å². The van der Waals surface area contributed by atoms with Gasteiger partial charge in [0.15, 0.2) is 28.4 Å². The molecule has 0 saturated carbocycles. The van der Waals surface area contributed by atoms with Crippen molar-refractivity contribution in [2.24, 2.45) is 0 Å². The summed E-state index contributed by atoms with van der Waals surface area (Å²) in [5, 5.41) is 30.6. The van der Waals surface area contributed by atoms with Gasteiger partial charge in [-0.05, 0) is 41.3 Å². The van der Waals surface area contributed by atoms with E-state index in [0.29, 0.717) is 34.1 Å². The Hall–Kier alpha value is -5.44. The summed E-state index contributed by atoms with van der Waals surface area (Å²) in [7, 11) is 1.53. The van der Waals surface area contributed by atoms with Crippen LogP contribution in [0.3, 0.4) is 0 Å². The largest absolute Gasteiger partial charge is 0.507 e. The first kappa shape index (κ1) is 28.7. The molecule has 0 radical (unpaired) electrons. The van der Waals surface area contributed by atoms with Gasteiger partial charge in [-0.15, -0.1) is 0 Å². The van der Waals surface area contributed by atoms with Gasteiger partial charge in [0, 0.05) is 34.7 Å². The number of phenolic OH excluding ortho intramolecular Hbond substituents is 3. The van der Waals surface area contributed by atoms with Crippen LogP contribution in [0.15, 0.2) is 82.0 Å². The molecule has 0 amide bonds. The number of benzene rings is 4. The van der Waals surface area contributed by atoms with Gasteiger partial charge >= 0.3 is 5.97 Å². The van der Waals surface area contributed by atoms with Gasteiger partial charge in [0.1, 0.15) is 34.8 Å². The molecule has 5 aromatic rings. The fraction of sp³-hybridized carbons (Fsp3) is 0.200. The van der Waals surface area contributed by atoms with Crippen LogP contribution in [0, 0.1) is 0 Å². The highest BCUT2D eigenvalue weighted by Gasteiger charge is 2.36. The van der Waals surface area contributed by atoms with Crippen LogP contribution in [-0.2, 0) is 11.4 Å². The maximum atomic E-state index is 13.3. The molecule has 0 fully saturated rings. The van der Waals surface area contributed by atoms with Crippen molar-refractivity contribution in [1.82, 2.24) is 0 Å². The normalized spacial score (nSPS) is 14.4. The van der Waals surface area contributed by atoms with Crippen molar-refractivity contribution in [1.29, 1.82) is 0 Å². The quantitative estimate of drug-likeness (QED) is 0.106. The fourth-order valence-corrected chi connectivity index (χ4v) is 5.52. The van der Waals surface area contributed by atoms with E-state index < -0.39 is 28.8 Å². The average molecular weight is 595 g/mol. The Morgan fingerprint density at radius 1 is 0.909 bits per heavy atom. The van der Waals surface area contributed by atoms with Crippen molar-refractivity contribution >= 4 is 16.9 Å². The Morgan fingerprint density at radius 2 is 1.68 bits per heavy atom. The Balaban J connectivity index is 1.51. The van der Waals surface area contributed by atoms with Gasteiger partial charge in [-0.1, -0.05) is 50.2 Å². The number of carbonyl (C=O) groups excluding carboxylic acids is 1. The number of phenols is 3. The number of aromatic hydroxyl groups is 3. The third kappa shape index (κ3) is 5.17. The van der Waals surface area contributed by atoms with E-state index in [0.717, 1.165) is 5.56 Å². The standard InChI is InChI=1S/C35H30O9/c1-18(2)20-9-7-19(8-10-20)17-42-34-22(5-4-6-28(34)41-3)23-14-31(40)43-30-16-27(39)33-26(38)15-29(44-35(33)32(23)30)21-11-12-24(36)25(37)13-21/h4-13,15-16,18,23,36-37,39H,14,17H2,1-3H3/t23-/m1/s1. The van der Waals surface area contributed by atoms with Crippen LogP contribution in [0.4, 0.5) is 0 Å². The maximum Gasteiger partial charge on any atom is 0.312 e. The predicted octanol–water partition coefficient (Wildman–Crippen LogP) is 6.73. The topological polar surface area (TPSA) is 136 Å². The molecular weight excluding hydrogens is 564 g/mol. The molecule has 6 rings (SSSR count). The molecule has 0 bridgehead atoms. The lowest BCUT2D eigenvalue weighted by Crippen LogP contribution is -2.22. The zero-order chi connectivity index (χ0) is 31.1. The second kappa shape index (κ2) is 11.3. The smallest absolute Gasteiger partial charge is 0.312 e. The Kier molecular flexibility index (Phi) is 7.38. The van der Waals surface area contributed by atoms with Crippen molar-refractivity contribution < 1.29 is 38.7 Å². The van der Waals surface area contributed by atoms with Gasteiger partial charge in [-0.2, -0.15) is 0 Å². The summed E-state index contributed by atoms with van der Waals surface area (Å²) in [5.41, 5.74) is 2.92. The van der Waals surface area contributed by atoms with Gasteiger partial charge in [0.05, 0.1) is 13.5 Å². The molecule has 0 saturated heterocycles. The molecule has 1 aromatic heterocycles. The van der Waals surface area contributed by atoms with Crippen LogP contribution in [-0.4, -0.2) is 28.4 Å². The van der Waals surface area contributed by atoms with E-state index in [9.17, 15) is 24.9 Å². The van der Waals surface area contributed by atoms with Crippen LogP contribution in [0.25, 0.3) is 22.3 Å². The van der Waals surface area contributed by atoms with E-state index in [4.69, 9.17) is 18.6 Å². The third-order valence-electron chi connectivity index (χ3n) is 7.82. The third-order valence-corrected chi connectivity index (χ3v) is 7.82. The number of hydrogen-bond donors (Lipinski definition) is 3. The first-order chi connectivity index (χ1) is 21.1. The minimum Gasteiger partial charge on any atom is -0.507 e. The zero-order valence-electron chi connectivity index (χ0n) is 24.3. The van der Waals surface area contributed by atoms with E-state index in [1.54, 1.807) is 12.1 Å². The van der Waals surface area contributed by atoms with Gasteiger partial charge in [0.25, 0.3) is 0 Å². The van der Waals surface area contributed by atoms with Crippen molar-refractivity contribution in [3.05, 3.63) is 105 Å². The summed E-state index contributed by atoms with van der Waals surface area (Å²) in [6, 6.07) is 19.9. The molecule has 224 valence electrons. The average Bonchev–Trinajstić information content (AvgIpc) is 3.00. The molecule has 4 aromatic carbocycles. The summed E-state index contributed by atoms with van der Waals surface area (Å²) in [6.07, 6.45) is -0.104. The second-order valence-corrected chi connectivity index (χ2v) is 11.0.